The first kappa shape index (κ1) is 28.2. The summed E-state index contributed by atoms with van der Waals surface area (Å²) in [7, 11) is 2.20. The molecule has 0 atom stereocenters. The minimum atomic E-state index is 0.725. The third-order valence-electron chi connectivity index (χ3n) is 7.11. The number of hydrogen-bond donors (Lipinski definition) is 1. The van der Waals surface area contributed by atoms with E-state index in [2.05, 4.69) is 42.8 Å². The fourth-order valence-electron chi connectivity index (χ4n) is 5.00. The van der Waals surface area contributed by atoms with Crippen LogP contribution in [-0.2, 0) is 7.05 Å². The minimum absolute atomic E-state index is 0.725. The lowest BCUT2D eigenvalue weighted by Gasteiger charge is -2.13. The van der Waals surface area contributed by atoms with Crippen molar-refractivity contribution >= 4 is 0 Å². The lowest BCUT2D eigenvalue weighted by Crippen LogP contribution is -2.32. The summed E-state index contributed by atoms with van der Waals surface area (Å²) >= 11 is 0. The van der Waals surface area contributed by atoms with Gasteiger partial charge in [-0.05, 0) is 12.8 Å². The fraction of sp³-hybridized carbons (Fsp3) is 0.897. The van der Waals surface area contributed by atoms with Crippen LogP contribution in [0.15, 0.2) is 12.4 Å². The van der Waals surface area contributed by atoms with E-state index in [0.717, 1.165) is 5.92 Å². The zero-order chi connectivity index (χ0) is 22.4. The Kier molecular flexibility index (Phi) is 19.2. The maximum atomic E-state index is 3.54. The number of unbranched alkanes of at least 4 members (excludes halogenated alkanes) is 18. The summed E-state index contributed by atoms with van der Waals surface area (Å²) in [6, 6.07) is 0. The first-order chi connectivity index (χ1) is 15.3. The molecule has 0 fully saturated rings. The van der Waals surface area contributed by atoms with Gasteiger partial charge in [0, 0.05) is 0 Å². The predicted octanol–water partition coefficient (Wildman–Crippen LogP) is 9.54. The molecular weight excluding hydrogens is 376 g/mol. The molecule has 0 saturated carbocycles. The van der Waals surface area contributed by atoms with Crippen molar-refractivity contribution in [3.63, 3.8) is 0 Å². The normalized spacial score (nSPS) is 11.6. The molecular formula is C29H57N2+. The second-order valence-electron chi connectivity index (χ2n) is 10.1. The van der Waals surface area contributed by atoms with Gasteiger partial charge in [-0.25, -0.2) is 9.55 Å². The number of nitrogens with zero attached hydrogens (tertiary/aromatic N) is 1. The molecule has 1 aromatic heterocycles. The van der Waals surface area contributed by atoms with Gasteiger partial charge in [0.25, 0.3) is 5.82 Å². The standard InChI is InChI=1S/C29H56N2/c1-4-6-8-10-12-14-16-18-20-22-24-28(29-30-26-27-31(29)3)25-23-21-19-17-15-13-11-9-7-5-2/h26-28H,4-25H2,1-3H3/p+1. The van der Waals surface area contributed by atoms with Crippen LogP contribution in [0, 0.1) is 0 Å². The van der Waals surface area contributed by atoms with Gasteiger partial charge in [-0.2, -0.15) is 0 Å². The Bertz CT molecular complexity index is 455. The van der Waals surface area contributed by atoms with Crippen LogP contribution in [0.5, 0.6) is 0 Å². The molecule has 0 spiro atoms. The summed E-state index contributed by atoms with van der Waals surface area (Å²) in [6.07, 6.45) is 35.7. The number of aromatic nitrogens is 2. The number of aryl methyl sites for hydroxylation is 1. The molecule has 2 heteroatoms. The molecule has 182 valence electrons. The molecule has 0 bridgehead atoms. The highest BCUT2D eigenvalue weighted by Gasteiger charge is 2.20. The quantitative estimate of drug-likeness (QED) is 0.131. The van der Waals surface area contributed by atoms with Gasteiger partial charge in [-0.1, -0.05) is 142 Å². The molecule has 1 heterocycles. The van der Waals surface area contributed by atoms with Gasteiger partial charge >= 0.3 is 0 Å². The zero-order valence-electron chi connectivity index (χ0n) is 21.7. The molecule has 0 aliphatic rings. The number of nitrogens with one attached hydrogen (secondary N) is 1. The van der Waals surface area contributed by atoms with E-state index in [-0.39, 0.29) is 0 Å². The lowest BCUT2D eigenvalue weighted by molar-refractivity contribution is -0.679. The molecule has 31 heavy (non-hydrogen) atoms. The number of hydrogen-bond acceptors (Lipinski definition) is 0. The molecule has 0 radical (unpaired) electrons. The Morgan fingerprint density at radius 1 is 0.581 bits per heavy atom. The number of H-pyrrole nitrogens is 1. The van der Waals surface area contributed by atoms with Crippen LogP contribution in [-0.4, -0.2) is 4.98 Å². The Balaban J connectivity index is 2.11. The van der Waals surface area contributed by atoms with Crippen LogP contribution in [0.4, 0.5) is 0 Å². The monoisotopic (exact) mass is 433 g/mol. The molecule has 0 saturated heterocycles. The fourth-order valence-corrected chi connectivity index (χ4v) is 5.00. The van der Waals surface area contributed by atoms with Crippen molar-refractivity contribution in [2.75, 3.05) is 0 Å². The van der Waals surface area contributed by atoms with E-state index in [1.54, 1.807) is 0 Å². The van der Waals surface area contributed by atoms with Gasteiger partial charge in [-0.3, -0.25) is 0 Å². The van der Waals surface area contributed by atoms with E-state index in [1.807, 2.05) is 0 Å². The van der Waals surface area contributed by atoms with Gasteiger partial charge in [0.2, 0.25) is 0 Å². The SMILES string of the molecule is CCCCCCCCCCCCC(CCCCCCCCCCCC)c1[nH]cc[n+]1C. The average molecular weight is 434 g/mol. The van der Waals surface area contributed by atoms with Crippen LogP contribution in [0.2, 0.25) is 0 Å². The molecule has 1 rings (SSSR count). The van der Waals surface area contributed by atoms with Gasteiger partial charge in [0.05, 0.1) is 13.0 Å². The highest BCUT2D eigenvalue weighted by Crippen LogP contribution is 2.26. The molecule has 0 unspecified atom stereocenters. The summed E-state index contributed by atoms with van der Waals surface area (Å²) in [4.78, 5) is 3.54. The van der Waals surface area contributed by atoms with Crippen LogP contribution in [0.3, 0.4) is 0 Å². The minimum Gasteiger partial charge on any atom is -0.247 e. The highest BCUT2D eigenvalue weighted by molar-refractivity contribution is 4.89. The topological polar surface area (TPSA) is 19.7 Å². The Morgan fingerprint density at radius 3 is 1.26 bits per heavy atom. The van der Waals surface area contributed by atoms with E-state index < -0.39 is 0 Å². The van der Waals surface area contributed by atoms with Crippen LogP contribution >= 0.6 is 0 Å². The molecule has 0 aromatic carbocycles. The molecule has 1 aromatic rings. The maximum absolute atomic E-state index is 3.54. The summed E-state index contributed by atoms with van der Waals surface area (Å²) in [5.74, 6) is 2.18. The van der Waals surface area contributed by atoms with Gasteiger partial charge in [-0.15, -0.1) is 0 Å². The van der Waals surface area contributed by atoms with Crippen molar-refractivity contribution in [1.29, 1.82) is 0 Å². The smallest absolute Gasteiger partial charge is 0.247 e. The van der Waals surface area contributed by atoms with Crippen molar-refractivity contribution in [3.8, 4) is 0 Å². The second-order valence-corrected chi connectivity index (χ2v) is 10.1. The third-order valence-corrected chi connectivity index (χ3v) is 7.11. The van der Waals surface area contributed by atoms with Gasteiger partial charge in [0.15, 0.2) is 0 Å². The largest absolute Gasteiger partial charge is 0.257 e. The van der Waals surface area contributed by atoms with Crippen molar-refractivity contribution in [3.05, 3.63) is 18.2 Å². The first-order valence-corrected chi connectivity index (χ1v) is 14.3. The molecule has 0 amide bonds. The van der Waals surface area contributed by atoms with E-state index in [0.29, 0.717) is 0 Å². The highest BCUT2D eigenvalue weighted by atomic mass is 15.0. The molecule has 2 nitrogen and oxygen atoms in total. The van der Waals surface area contributed by atoms with E-state index in [1.165, 1.54) is 147 Å². The van der Waals surface area contributed by atoms with Crippen LogP contribution < -0.4 is 4.57 Å². The lowest BCUT2D eigenvalue weighted by atomic mass is 9.93. The summed E-state index contributed by atoms with van der Waals surface area (Å²) in [5, 5.41) is 0. The van der Waals surface area contributed by atoms with Crippen molar-refractivity contribution < 1.29 is 4.57 Å². The van der Waals surface area contributed by atoms with Crippen LogP contribution in [0.25, 0.3) is 0 Å². The van der Waals surface area contributed by atoms with E-state index >= 15 is 0 Å². The van der Waals surface area contributed by atoms with Gasteiger partial charge in [0.1, 0.15) is 12.4 Å². The summed E-state index contributed by atoms with van der Waals surface area (Å²) < 4.78 is 2.32. The summed E-state index contributed by atoms with van der Waals surface area (Å²) in [6.45, 7) is 4.61. The second kappa shape index (κ2) is 21.1. The van der Waals surface area contributed by atoms with Gasteiger partial charge < -0.3 is 0 Å². The van der Waals surface area contributed by atoms with Crippen LogP contribution in [0.1, 0.15) is 167 Å². The zero-order valence-corrected chi connectivity index (χ0v) is 21.7. The maximum Gasteiger partial charge on any atom is 0.257 e. The Morgan fingerprint density at radius 2 is 0.935 bits per heavy atom. The van der Waals surface area contributed by atoms with Crippen molar-refractivity contribution in [2.45, 2.75) is 161 Å². The van der Waals surface area contributed by atoms with Crippen molar-refractivity contribution in [1.82, 2.24) is 4.98 Å². The number of aromatic amines is 1. The third kappa shape index (κ3) is 15.6. The van der Waals surface area contributed by atoms with E-state index in [4.69, 9.17) is 0 Å². The number of rotatable bonds is 23. The summed E-state index contributed by atoms with van der Waals surface area (Å²) in [5.41, 5.74) is 0. The Hall–Kier alpha value is -0.790. The Labute approximate surface area is 196 Å². The van der Waals surface area contributed by atoms with Crippen molar-refractivity contribution in [2.24, 2.45) is 7.05 Å². The average Bonchev–Trinajstić information content (AvgIpc) is 3.20. The predicted molar refractivity (Wildman–Crippen MR) is 138 cm³/mol. The number of imidazole rings is 1. The molecule has 1 N–H and O–H groups in total. The van der Waals surface area contributed by atoms with E-state index in [9.17, 15) is 0 Å². The molecule has 0 aliphatic carbocycles. The first-order valence-electron chi connectivity index (χ1n) is 14.3. The molecule has 0 aliphatic heterocycles.